The number of fused-ring (bicyclic) bond motifs is 8. The summed E-state index contributed by atoms with van der Waals surface area (Å²) < 4.78 is 0. The van der Waals surface area contributed by atoms with Gasteiger partial charge in [0.15, 0.2) is 0 Å². The van der Waals surface area contributed by atoms with Crippen LogP contribution in [0.4, 0.5) is 0 Å². The molecule has 46 heavy (non-hydrogen) atoms. The molecule has 0 radical (unpaired) electrons. The molecular formula is C42H26N4. The topological polar surface area (TPSA) is 51.6 Å². The van der Waals surface area contributed by atoms with Gasteiger partial charge < -0.3 is 0 Å². The Kier molecular flexibility index (Phi) is 5.10. The van der Waals surface area contributed by atoms with Crippen molar-refractivity contribution in [1.82, 2.24) is 19.9 Å². The van der Waals surface area contributed by atoms with Gasteiger partial charge in [-0.2, -0.15) is 0 Å². The smallest absolute Gasteiger partial charge is 0.0986 e. The first kappa shape index (κ1) is 25.3. The van der Waals surface area contributed by atoms with Gasteiger partial charge in [0.2, 0.25) is 0 Å². The average molecular weight is 587 g/mol. The SMILES string of the molecule is Cc1ccc(-c2cc(-c3ccc(C)cc3)c3c4nc5ccccc5nc4c4cccc5c6nc7ccccc7nc6c2c3c54)cc1. The molecule has 4 nitrogen and oxygen atoms in total. The second-order valence-corrected chi connectivity index (χ2v) is 12.4. The molecule has 0 aliphatic rings. The standard InChI is InChI=1S/C42H26N4/c1-23-14-18-25(19-15-23)29-22-30(26-20-16-24(2)17-21-26)37-38-35-27(39-41(36(29)38)45-33-12-5-3-10-31(33)43-39)8-7-9-28(35)40-42(37)46-34-13-6-4-11-32(34)44-40/h3-22H,1-2H3. The summed E-state index contributed by atoms with van der Waals surface area (Å²) in [7, 11) is 0. The Morgan fingerprint density at radius 3 is 1.15 bits per heavy atom. The molecule has 4 heteroatoms. The highest BCUT2D eigenvalue weighted by atomic mass is 14.8. The number of benzene rings is 8. The Morgan fingerprint density at radius 2 is 0.739 bits per heavy atom. The summed E-state index contributed by atoms with van der Waals surface area (Å²) in [5, 5.41) is 6.68. The first-order valence-corrected chi connectivity index (χ1v) is 15.7. The number of aryl methyl sites for hydroxylation is 2. The van der Waals surface area contributed by atoms with Crippen molar-refractivity contribution in [3.05, 3.63) is 132 Å². The molecule has 0 aliphatic heterocycles. The van der Waals surface area contributed by atoms with Crippen molar-refractivity contribution >= 4 is 76.5 Å². The van der Waals surface area contributed by atoms with Gasteiger partial charge in [0.25, 0.3) is 0 Å². The Morgan fingerprint density at radius 1 is 0.348 bits per heavy atom. The predicted molar refractivity (Wildman–Crippen MR) is 192 cm³/mol. The quantitative estimate of drug-likeness (QED) is 0.149. The van der Waals surface area contributed by atoms with E-state index < -0.39 is 0 Å². The Labute approximate surface area is 264 Å². The number of hydrogen-bond acceptors (Lipinski definition) is 4. The van der Waals surface area contributed by atoms with Crippen LogP contribution >= 0.6 is 0 Å². The van der Waals surface area contributed by atoms with Crippen LogP contribution in [0.1, 0.15) is 11.1 Å². The van der Waals surface area contributed by atoms with Crippen molar-refractivity contribution < 1.29 is 0 Å². The minimum Gasteiger partial charge on any atom is -0.244 e. The van der Waals surface area contributed by atoms with Gasteiger partial charge >= 0.3 is 0 Å². The van der Waals surface area contributed by atoms with E-state index in [4.69, 9.17) is 19.9 Å². The summed E-state index contributed by atoms with van der Waals surface area (Å²) >= 11 is 0. The van der Waals surface area contributed by atoms with Crippen LogP contribution < -0.4 is 0 Å². The molecule has 0 saturated heterocycles. The maximum Gasteiger partial charge on any atom is 0.0986 e. The third kappa shape index (κ3) is 3.50. The van der Waals surface area contributed by atoms with Gasteiger partial charge in [-0.3, -0.25) is 0 Å². The Hall–Kier alpha value is -6.00. The summed E-state index contributed by atoms with van der Waals surface area (Å²) in [5.74, 6) is 0. The average Bonchev–Trinajstić information content (AvgIpc) is 3.10. The van der Waals surface area contributed by atoms with Crippen LogP contribution in [0.3, 0.4) is 0 Å². The molecule has 0 amide bonds. The molecule has 0 saturated carbocycles. The maximum absolute atomic E-state index is 5.38. The van der Waals surface area contributed by atoms with Crippen molar-refractivity contribution in [2.75, 3.05) is 0 Å². The summed E-state index contributed by atoms with van der Waals surface area (Å²) in [6, 6.07) is 42.9. The molecule has 10 rings (SSSR count). The second-order valence-electron chi connectivity index (χ2n) is 12.4. The lowest BCUT2D eigenvalue weighted by Gasteiger charge is -2.21. The third-order valence-corrected chi connectivity index (χ3v) is 9.49. The zero-order chi connectivity index (χ0) is 30.5. The number of hydrogen-bond donors (Lipinski definition) is 0. The van der Waals surface area contributed by atoms with Crippen LogP contribution in [0.15, 0.2) is 121 Å². The normalized spacial score (nSPS) is 12.1. The molecule has 0 unspecified atom stereocenters. The van der Waals surface area contributed by atoms with E-state index in [1.807, 2.05) is 36.4 Å². The Balaban J connectivity index is 1.56. The fourth-order valence-electron chi connectivity index (χ4n) is 7.29. The van der Waals surface area contributed by atoms with Gasteiger partial charge in [0.1, 0.15) is 0 Å². The van der Waals surface area contributed by atoms with E-state index in [2.05, 4.69) is 98.8 Å². The number of para-hydroxylation sites is 4. The van der Waals surface area contributed by atoms with E-state index in [9.17, 15) is 0 Å². The van der Waals surface area contributed by atoms with E-state index in [0.717, 1.165) is 98.7 Å². The van der Waals surface area contributed by atoms with Crippen molar-refractivity contribution in [2.24, 2.45) is 0 Å². The van der Waals surface area contributed by atoms with Gasteiger partial charge in [0, 0.05) is 32.3 Å². The van der Waals surface area contributed by atoms with Crippen LogP contribution in [-0.4, -0.2) is 19.9 Å². The number of nitrogens with zero attached hydrogens (tertiary/aromatic N) is 4. The second kappa shape index (κ2) is 9.26. The van der Waals surface area contributed by atoms with Crippen molar-refractivity contribution in [1.29, 1.82) is 0 Å². The van der Waals surface area contributed by atoms with Gasteiger partial charge in [-0.15, -0.1) is 0 Å². The molecule has 0 atom stereocenters. The molecule has 214 valence electrons. The molecule has 2 aromatic heterocycles. The monoisotopic (exact) mass is 586 g/mol. The number of aromatic nitrogens is 4. The highest BCUT2D eigenvalue weighted by Crippen LogP contribution is 2.50. The predicted octanol–water partition coefficient (Wildman–Crippen LogP) is 10.7. The van der Waals surface area contributed by atoms with Crippen LogP contribution in [0.5, 0.6) is 0 Å². The summed E-state index contributed by atoms with van der Waals surface area (Å²) in [6.45, 7) is 4.27. The molecule has 10 aromatic rings. The van der Waals surface area contributed by atoms with E-state index in [1.165, 1.54) is 11.1 Å². The highest BCUT2D eigenvalue weighted by molar-refractivity contribution is 6.42. The van der Waals surface area contributed by atoms with Crippen molar-refractivity contribution in [2.45, 2.75) is 13.8 Å². The third-order valence-electron chi connectivity index (χ3n) is 9.49. The molecular weight excluding hydrogens is 560 g/mol. The fourth-order valence-corrected chi connectivity index (χ4v) is 7.29. The van der Waals surface area contributed by atoms with Gasteiger partial charge in [0.05, 0.1) is 44.1 Å². The van der Waals surface area contributed by atoms with Crippen molar-refractivity contribution in [3.63, 3.8) is 0 Å². The minimum absolute atomic E-state index is 0.883. The first-order chi connectivity index (χ1) is 22.6. The maximum atomic E-state index is 5.38. The molecule has 0 fully saturated rings. The molecule has 0 N–H and O–H groups in total. The molecule has 2 heterocycles. The summed E-state index contributed by atoms with van der Waals surface area (Å²) in [5.41, 5.74) is 14.2. The van der Waals surface area contributed by atoms with E-state index in [-0.39, 0.29) is 0 Å². The lowest BCUT2D eigenvalue weighted by atomic mass is 9.83. The summed E-state index contributed by atoms with van der Waals surface area (Å²) in [6.07, 6.45) is 0. The van der Waals surface area contributed by atoms with Crippen LogP contribution in [-0.2, 0) is 0 Å². The largest absolute Gasteiger partial charge is 0.244 e. The van der Waals surface area contributed by atoms with Gasteiger partial charge in [-0.05, 0) is 66.4 Å². The molecule has 0 spiro atoms. The lowest BCUT2D eigenvalue weighted by Crippen LogP contribution is -1.99. The molecule has 0 bridgehead atoms. The molecule has 8 aromatic carbocycles. The lowest BCUT2D eigenvalue weighted by molar-refractivity contribution is 1.41. The zero-order valence-corrected chi connectivity index (χ0v) is 25.3. The van der Waals surface area contributed by atoms with Crippen molar-refractivity contribution in [3.8, 4) is 22.3 Å². The Bertz CT molecular complexity index is 2660. The summed E-state index contributed by atoms with van der Waals surface area (Å²) in [4.78, 5) is 21.3. The van der Waals surface area contributed by atoms with Crippen LogP contribution in [0.25, 0.3) is 98.7 Å². The fraction of sp³-hybridized carbons (Fsp3) is 0.0476. The van der Waals surface area contributed by atoms with E-state index in [0.29, 0.717) is 0 Å². The van der Waals surface area contributed by atoms with Crippen LogP contribution in [0, 0.1) is 13.8 Å². The number of rotatable bonds is 2. The first-order valence-electron chi connectivity index (χ1n) is 15.7. The zero-order valence-electron chi connectivity index (χ0n) is 25.3. The molecule has 0 aliphatic carbocycles. The van der Waals surface area contributed by atoms with Gasteiger partial charge in [-0.25, -0.2) is 19.9 Å². The van der Waals surface area contributed by atoms with E-state index in [1.54, 1.807) is 0 Å². The van der Waals surface area contributed by atoms with Crippen LogP contribution in [0.2, 0.25) is 0 Å². The highest BCUT2D eigenvalue weighted by Gasteiger charge is 2.25. The van der Waals surface area contributed by atoms with E-state index >= 15 is 0 Å². The van der Waals surface area contributed by atoms with Gasteiger partial charge in [-0.1, -0.05) is 102 Å². The minimum atomic E-state index is 0.883.